The third-order valence-electron chi connectivity index (χ3n) is 4.71. The second kappa shape index (κ2) is 8.08. The number of hydrogen-bond acceptors (Lipinski definition) is 5. The molecule has 2 atom stereocenters. The van der Waals surface area contributed by atoms with Crippen molar-refractivity contribution >= 4 is 23.2 Å². The maximum absolute atomic E-state index is 12.7. The molecule has 0 spiro atoms. The summed E-state index contributed by atoms with van der Waals surface area (Å²) in [4.78, 5) is 30.2. The molecule has 6 nitrogen and oxygen atoms in total. The molecular weight excluding hydrogens is 364 g/mol. The zero-order chi connectivity index (χ0) is 19.6. The largest absolute Gasteiger partial charge is 0.491 e. The molecular formula is C20H24N2O4S. The predicted molar refractivity (Wildman–Crippen MR) is 104 cm³/mol. The van der Waals surface area contributed by atoms with Gasteiger partial charge in [0.25, 0.3) is 5.91 Å². The van der Waals surface area contributed by atoms with Crippen LogP contribution in [0.1, 0.15) is 37.7 Å². The van der Waals surface area contributed by atoms with Gasteiger partial charge in [-0.1, -0.05) is 6.92 Å². The predicted octanol–water partition coefficient (Wildman–Crippen LogP) is 3.78. The highest BCUT2D eigenvalue weighted by molar-refractivity contribution is 7.13. The summed E-state index contributed by atoms with van der Waals surface area (Å²) in [5, 5.41) is 11.8. The maximum atomic E-state index is 12.7. The summed E-state index contributed by atoms with van der Waals surface area (Å²) in [5.74, 6) is -0.557. The summed E-state index contributed by atoms with van der Waals surface area (Å²) in [6.07, 6.45) is 0.601. The molecule has 2 heterocycles. The normalized spacial score (nSPS) is 19.9. The second-order valence-corrected chi connectivity index (χ2v) is 8.05. The van der Waals surface area contributed by atoms with Gasteiger partial charge in [-0.15, -0.1) is 11.3 Å². The quantitative estimate of drug-likeness (QED) is 0.843. The number of thiazole rings is 1. The minimum atomic E-state index is -0.782. The molecule has 1 saturated heterocycles. The van der Waals surface area contributed by atoms with E-state index in [1.165, 1.54) is 11.3 Å². The Balaban J connectivity index is 1.68. The minimum Gasteiger partial charge on any atom is -0.491 e. The first-order valence-corrected chi connectivity index (χ1v) is 9.98. The maximum Gasteiger partial charge on any atom is 0.306 e. The Morgan fingerprint density at radius 2 is 2.00 bits per heavy atom. The molecule has 3 rings (SSSR count). The third-order valence-corrected chi connectivity index (χ3v) is 5.60. The highest BCUT2D eigenvalue weighted by atomic mass is 32.1. The molecule has 2 unspecified atom stereocenters. The number of amides is 1. The average molecular weight is 388 g/mol. The lowest BCUT2D eigenvalue weighted by Crippen LogP contribution is -2.45. The summed E-state index contributed by atoms with van der Waals surface area (Å²) >= 11 is 1.43. The number of ether oxygens (including phenoxy) is 1. The van der Waals surface area contributed by atoms with Crippen molar-refractivity contribution in [2.24, 2.45) is 11.8 Å². The van der Waals surface area contributed by atoms with Gasteiger partial charge in [0.1, 0.15) is 16.5 Å². The van der Waals surface area contributed by atoms with Crippen molar-refractivity contribution in [3.63, 3.8) is 0 Å². The smallest absolute Gasteiger partial charge is 0.306 e. The fourth-order valence-corrected chi connectivity index (χ4v) is 4.11. The van der Waals surface area contributed by atoms with Gasteiger partial charge in [0.05, 0.1) is 12.0 Å². The van der Waals surface area contributed by atoms with E-state index in [0.29, 0.717) is 25.2 Å². The van der Waals surface area contributed by atoms with Gasteiger partial charge >= 0.3 is 5.97 Å². The zero-order valence-electron chi connectivity index (χ0n) is 15.7. The molecule has 2 aromatic rings. The standard InChI is InChI=1S/C20H24N2O4S/c1-12(2)26-15-6-4-14(5-7-15)18-21-17(11-27-18)19(23)22-9-8-16(20(24)25)13(3)10-22/h4-7,11-13,16H,8-10H2,1-3H3,(H,24,25). The van der Waals surface area contributed by atoms with Crippen molar-refractivity contribution in [1.29, 1.82) is 0 Å². The first kappa shape index (κ1) is 19.4. The Morgan fingerprint density at radius 1 is 1.30 bits per heavy atom. The number of piperidine rings is 1. The number of aliphatic carboxylic acids is 1. The third kappa shape index (κ3) is 4.47. The van der Waals surface area contributed by atoms with Gasteiger partial charge in [-0.3, -0.25) is 9.59 Å². The monoisotopic (exact) mass is 388 g/mol. The van der Waals surface area contributed by atoms with E-state index in [1.54, 1.807) is 10.3 Å². The molecule has 144 valence electrons. The Labute approximate surface area is 162 Å². The number of rotatable bonds is 5. The Kier molecular flexibility index (Phi) is 5.79. The first-order valence-electron chi connectivity index (χ1n) is 9.10. The van der Waals surface area contributed by atoms with Crippen molar-refractivity contribution in [3.05, 3.63) is 35.3 Å². The molecule has 1 aromatic heterocycles. The molecule has 0 saturated carbocycles. The lowest BCUT2D eigenvalue weighted by molar-refractivity contribution is -0.145. The van der Waals surface area contributed by atoms with Gasteiger partial charge in [0, 0.05) is 24.0 Å². The molecule has 7 heteroatoms. The Hall–Kier alpha value is -2.41. The molecule has 1 amide bonds. The highest BCUT2D eigenvalue weighted by Crippen LogP contribution is 2.28. The van der Waals surface area contributed by atoms with Gasteiger partial charge in [-0.05, 0) is 50.5 Å². The fourth-order valence-electron chi connectivity index (χ4n) is 3.31. The van der Waals surface area contributed by atoms with Gasteiger partial charge < -0.3 is 14.7 Å². The van der Waals surface area contributed by atoms with Gasteiger partial charge in [0.15, 0.2) is 0 Å². The number of aromatic nitrogens is 1. The van der Waals surface area contributed by atoms with Crippen molar-refractivity contribution < 1.29 is 19.4 Å². The van der Waals surface area contributed by atoms with Crippen LogP contribution in [-0.4, -0.2) is 46.1 Å². The molecule has 1 N–H and O–H groups in total. The van der Waals surface area contributed by atoms with E-state index in [4.69, 9.17) is 4.74 Å². The van der Waals surface area contributed by atoms with Crippen LogP contribution in [0.15, 0.2) is 29.6 Å². The van der Waals surface area contributed by atoms with Crippen molar-refractivity contribution in [2.75, 3.05) is 13.1 Å². The van der Waals surface area contributed by atoms with E-state index in [9.17, 15) is 14.7 Å². The summed E-state index contributed by atoms with van der Waals surface area (Å²) in [6.45, 7) is 6.74. The van der Waals surface area contributed by atoms with Gasteiger partial charge in [0.2, 0.25) is 0 Å². The summed E-state index contributed by atoms with van der Waals surface area (Å²) < 4.78 is 5.64. The van der Waals surface area contributed by atoms with Crippen LogP contribution in [-0.2, 0) is 4.79 Å². The SMILES string of the molecule is CC(C)Oc1ccc(-c2nc(C(=O)N3CCC(C(=O)O)C(C)C3)cs2)cc1. The number of nitrogens with zero attached hydrogens (tertiary/aromatic N) is 2. The Morgan fingerprint density at radius 3 is 2.59 bits per heavy atom. The number of likely N-dealkylation sites (tertiary alicyclic amines) is 1. The van der Waals surface area contributed by atoms with Crippen LogP contribution in [0.3, 0.4) is 0 Å². The number of carbonyl (C=O) groups is 2. The summed E-state index contributed by atoms with van der Waals surface area (Å²) in [6, 6.07) is 7.67. The highest BCUT2D eigenvalue weighted by Gasteiger charge is 2.33. The van der Waals surface area contributed by atoms with Crippen molar-refractivity contribution in [3.8, 4) is 16.3 Å². The first-order chi connectivity index (χ1) is 12.8. The van der Waals surface area contributed by atoms with E-state index in [2.05, 4.69) is 4.98 Å². The van der Waals surface area contributed by atoms with Crippen LogP contribution in [0, 0.1) is 11.8 Å². The summed E-state index contributed by atoms with van der Waals surface area (Å²) in [5.41, 5.74) is 1.35. The van der Waals surface area contributed by atoms with Crippen LogP contribution in [0.25, 0.3) is 10.6 Å². The number of carboxylic acids is 1. The zero-order valence-corrected chi connectivity index (χ0v) is 16.5. The van der Waals surface area contributed by atoms with Crippen LogP contribution in [0.2, 0.25) is 0 Å². The van der Waals surface area contributed by atoms with E-state index in [1.807, 2.05) is 45.0 Å². The second-order valence-electron chi connectivity index (χ2n) is 7.19. The van der Waals surface area contributed by atoms with Crippen LogP contribution in [0.4, 0.5) is 0 Å². The van der Waals surface area contributed by atoms with Gasteiger partial charge in [-0.25, -0.2) is 4.98 Å². The van der Waals surface area contributed by atoms with Crippen LogP contribution in [0.5, 0.6) is 5.75 Å². The van der Waals surface area contributed by atoms with E-state index >= 15 is 0 Å². The molecule has 27 heavy (non-hydrogen) atoms. The van der Waals surface area contributed by atoms with Gasteiger partial charge in [-0.2, -0.15) is 0 Å². The molecule has 0 bridgehead atoms. The fraction of sp³-hybridized carbons (Fsp3) is 0.450. The number of benzene rings is 1. The van der Waals surface area contributed by atoms with Crippen molar-refractivity contribution in [1.82, 2.24) is 9.88 Å². The van der Waals surface area contributed by atoms with Crippen molar-refractivity contribution in [2.45, 2.75) is 33.3 Å². The topological polar surface area (TPSA) is 79.7 Å². The number of carboxylic acid groups (broad SMARTS) is 1. The summed E-state index contributed by atoms with van der Waals surface area (Å²) in [7, 11) is 0. The average Bonchev–Trinajstić information content (AvgIpc) is 3.11. The molecule has 1 aromatic carbocycles. The molecule has 0 aliphatic carbocycles. The molecule has 1 fully saturated rings. The number of carbonyl (C=O) groups excluding carboxylic acids is 1. The molecule has 1 aliphatic heterocycles. The van der Waals surface area contributed by atoms with E-state index in [-0.39, 0.29) is 23.8 Å². The van der Waals surface area contributed by atoms with E-state index in [0.717, 1.165) is 16.3 Å². The van der Waals surface area contributed by atoms with Crippen LogP contribution < -0.4 is 4.74 Å². The Bertz CT molecular complexity index is 816. The van der Waals surface area contributed by atoms with E-state index < -0.39 is 5.97 Å². The van der Waals surface area contributed by atoms with Crippen LogP contribution >= 0.6 is 11.3 Å². The number of hydrogen-bond donors (Lipinski definition) is 1. The molecule has 1 aliphatic rings. The molecule has 0 radical (unpaired) electrons. The minimum absolute atomic E-state index is 0.0631. The lowest BCUT2D eigenvalue weighted by atomic mass is 9.87. The lowest BCUT2D eigenvalue weighted by Gasteiger charge is -2.34.